The zero-order valence-electron chi connectivity index (χ0n) is 13.4. The van der Waals surface area contributed by atoms with Crippen molar-refractivity contribution in [3.8, 4) is 0 Å². The quantitative estimate of drug-likeness (QED) is 0.796. The molecule has 2 aliphatic rings. The van der Waals surface area contributed by atoms with Crippen molar-refractivity contribution in [2.45, 2.75) is 19.3 Å². The summed E-state index contributed by atoms with van der Waals surface area (Å²) in [5.41, 5.74) is 4.64. The van der Waals surface area contributed by atoms with E-state index in [9.17, 15) is 4.79 Å². The van der Waals surface area contributed by atoms with Crippen LogP contribution in [-0.4, -0.2) is 19.0 Å². The number of benzene rings is 2. The molecule has 4 rings (SSSR count). The summed E-state index contributed by atoms with van der Waals surface area (Å²) in [4.78, 5) is 14.7. The van der Waals surface area contributed by atoms with Gasteiger partial charge in [-0.15, -0.1) is 0 Å². The van der Waals surface area contributed by atoms with Gasteiger partial charge in [-0.3, -0.25) is 4.79 Å². The fraction of sp³-hybridized carbons (Fsp3) is 0.250. The molecule has 0 aromatic heterocycles. The number of hydrogen-bond donors (Lipinski definition) is 1. The van der Waals surface area contributed by atoms with Crippen LogP contribution in [0.15, 0.2) is 42.5 Å². The Bertz CT molecular complexity index is 805. The first-order valence-corrected chi connectivity index (χ1v) is 8.76. The monoisotopic (exact) mass is 338 g/mol. The molecule has 2 aliphatic heterocycles. The summed E-state index contributed by atoms with van der Waals surface area (Å²) < 4.78 is 0. The van der Waals surface area contributed by atoms with Gasteiger partial charge in [-0.25, -0.2) is 0 Å². The molecule has 0 bridgehead atoms. The van der Waals surface area contributed by atoms with Crippen LogP contribution >= 0.6 is 11.6 Å². The van der Waals surface area contributed by atoms with E-state index in [0.29, 0.717) is 10.6 Å². The lowest BCUT2D eigenvalue weighted by molar-refractivity contribution is -0.110. The van der Waals surface area contributed by atoms with E-state index >= 15 is 0 Å². The molecule has 1 saturated heterocycles. The minimum Gasteiger partial charge on any atom is -0.372 e. The molecule has 1 amide bonds. The first-order valence-electron chi connectivity index (χ1n) is 8.39. The molecule has 1 fully saturated rings. The highest BCUT2D eigenvalue weighted by Crippen LogP contribution is 2.35. The summed E-state index contributed by atoms with van der Waals surface area (Å²) in [6.45, 7) is 2.27. The number of rotatable bonds is 2. The molecule has 4 heteroatoms. The van der Waals surface area contributed by atoms with Crippen LogP contribution in [-0.2, 0) is 4.79 Å². The second-order valence-corrected chi connectivity index (χ2v) is 6.78. The lowest BCUT2D eigenvalue weighted by Gasteiger charge is -2.28. The summed E-state index contributed by atoms with van der Waals surface area (Å²) in [6, 6.07) is 13.9. The number of carbonyl (C=O) groups excluding carboxylic acids is 1. The molecule has 3 nitrogen and oxygen atoms in total. The lowest BCUT2D eigenvalue weighted by Crippen LogP contribution is -2.29. The maximum Gasteiger partial charge on any atom is 0.256 e. The van der Waals surface area contributed by atoms with Gasteiger partial charge < -0.3 is 10.2 Å². The molecule has 0 unspecified atom stereocenters. The van der Waals surface area contributed by atoms with Crippen LogP contribution in [0.3, 0.4) is 0 Å². The molecule has 2 aromatic carbocycles. The zero-order valence-corrected chi connectivity index (χ0v) is 14.1. The molecule has 24 heavy (non-hydrogen) atoms. The Kier molecular flexibility index (Phi) is 4.03. The topological polar surface area (TPSA) is 32.3 Å². The molecule has 2 aromatic rings. The molecule has 0 saturated carbocycles. The molecule has 0 spiro atoms. The molecule has 122 valence electrons. The molecule has 0 atom stereocenters. The standard InChI is InChI=1S/C20H19ClN2O/c21-15-6-9-19-17(13-15)18(20(24)22-19)12-14-4-7-16(8-5-14)23-10-2-1-3-11-23/h4-9,12-13H,1-3,10-11H2,(H,22,24). The molecule has 2 heterocycles. The molecule has 0 radical (unpaired) electrons. The fourth-order valence-corrected chi connectivity index (χ4v) is 3.58. The van der Waals surface area contributed by atoms with Gasteiger partial charge in [-0.05, 0) is 61.2 Å². The Morgan fingerprint density at radius 3 is 2.50 bits per heavy atom. The van der Waals surface area contributed by atoms with Gasteiger partial charge in [0.1, 0.15) is 0 Å². The predicted molar refractivity (Wildman–Crippen MR) is 100 cm³/mol. The summed E-state index contributed by atoms with van der Waals surface area (Å²) in [6.07, 6.45) is 5.79. The van der Waals surface area contributed by atoms with Crippen LogP contribution in [0.25, 0.3) is 11.6 Å². The highest BCUT2D eigenvalue weighted by atomic mass is 35.5. The van der Waals surface area contributed by atoms with Crippen molar-refractivity contribution in [3.05, 3.63) is 58.6 Å². The van der Waals surface area contributed by atoms with Crippen molar-refractivity contribution in [1.29, 1.82) is 0 Å². The van der Waals surface area contributed by atoms with Crippen molar-refractivity contribution in [1.82, 2.24) is 0 Å². The maximum atomic E-state index is 12.2. The number of halogens is 1. The number of carbonyl (C=O) groups is 1. The summed E-state index contributed by atoms with van der Waals surface area (Å²) in [7, 11) is 0. The average molecular weight is 339 g/mol. The van der Waals surface area contributed by atoms with Crippen molar-refractivity contribution >= 4 is 40.5 Å². The molecular weight excluding hydrogens is 320 g/mol. The smallest absolute Gasteiger partial charge is 0.256 e. The second-order valence-electron chi connectivity index (χ2n) is 6.34. The van der Waals surface area contributed by atoms with Crippen molar-refractivity contribution in [2.24, 2.45) is 0 Å². The first-order chi connectivity index (χ1) is 11.7. The number of fused-ring (bicyclic) bond motifs is 1. The zero-order chi connectivity index (χ0) is 16.5. The fourth-order valence-electron chi connectivity index (χ4n) is 3.40. The van der Waals surface area contributed by atoms with Crippen LogP contribution in [0.5, 0.6) is 0 Å². The van der Waals surface area contributed by atoms with Gasteiger partial charge in [0.25, 0.3) is 5.91 Å². The van der Waals surface area contributed by atoms with Gasteiger partial charge >= 0.3 is 0 Å². The summed E-state index contributed by atoms with van der Waals surface area (Å²) in [5.74, 6) is -0.0765. The van der Waals surface area contributed by atoms with E-state index in [0.717, 1.165) is 29.9 Å². The van der Waals surface area contributed by atoms with E-state index < -0.39 is 0 Å². The molecular formula is C20H19ClN2O. The number of hydrogen-bond acceptors (Lipinski definition) is 2. The maximum absolute atomic E-state index is 12.2. The van der Waals surface area contributed by atoms with E-state index in [4.69, 9.17) is 11.6 Å². The van der Waals surface area contributed by atoms with Crippen LogP contribution in [0.4, 0.5) is 11.4 Å². The van der Waals surface area contributed by atoms with Gasteiger partial charge in [0.2, 0.25) is 0 Å². The third-order valence-electron chi connectivity index (χ3n) is 4.69. The molecule has 0 aliphatic carbocycles. The predicted octanol–water partition coefficient (Wildman–Crippen LogP) is 4.82. The second kappa shape index (κ2) is 6.33. The third-order valence-corrected chi connectivity index (χ3v) is 4.93. The summed E-state index contributed by atoms with van der Waals surface area (Å²) >= 11 is 6.07. The van der Waals surface area contributed by atoms with E-state index in [-0.39, 0.29) is 5.91 Å². The van der Waals surface area contributed by atoms with Crippen LogP contribution in [0.2, 0.25) is 5.02 Å². The summed E-state index contributed by atoms with van der Waals surface area (Å²) in [5, 5.41) is 3.52. The van der Waals surface area contributed by atoms with E-state index in [1.807, 2.05) is 18.2 Å². The number of nitrogens with zero attached hydrogens (tertiary/aromatic N) is 1. The SMILES string of the molecule is O=C1Nc2ccc(Cl)cc2C1=Cc1ccc(N2CCCCC2)cc1. The van der Waals surface area contributed by atoms with Crippen LogP contribution in [0, 0.1) is 0 Å². The van der Waals surface area contributed by atoms with Gasteiger partial charge in [0.05, 0.1) is 0 Å². The minimum absolute atomic E-state index is 0.0765. The van der Waals surface area contributed by atoms with Gasteiger partial charge in [0.15, 0.2) is 0 Å². The third kappa shape index (κ3) is 2.92. The number of anilines is 2. The van der Waals surface area contributed by atoms with E-state index in [1.54, 1.807) is 6.07 Å². The highest BCUT2D eigenvalue weighted by Gasteiger charge is 2.24. The Balaban J connectivity index is 1.62. The van der Waals surface area contributed by atoms with Gasteiger partial charge in [-0.1, -0.05) is 23.7 Å². The highest BCUT2D eigenvalue weighted by molar-refractivity contribution is 6.36. The Hall–Kier alpha value is -2.26. The van der Waals surface area contributed by atoms with Crippen LogP contribution < -0.4 is 10.2 Å². The van der Waals surface area contributed by atoms with Crippen molar-refractivity contribution in [3.63, 3.8) is 0 Å². The first kappa shape index (κ1) is 15.3. The van der Waals surface area contributed by atoms with Crippen molar-refractivity contribution < 1.29 is 4.79 Å². The van der Waals surface area contributed by atoms with Crippen molar-refractivity contribution in [2.75, 3.05) is 23.3 Å². The Morgan fingerprint density at radius 2 is 1.75 bits per heavy atom. The largest absolute Gasteiger partial charge is 0.372 e. The van der Waals surface area contributed by atoms with E-state index in [2.05, 4.69) is 34.5 Å². The Labute approximate surface area is 146 Å². The van der Waals surface area contributed by atoms with Crippen LogP contribution in [0.1, 0.15) is 30.4 Å². The van der Waals surface area contributed by atoms with Gasteiger partial charge in [0, 0.05) is 40.6 Å². The average Bonchev–Trinajstić information content (AvgIpc) is 2.92. The van der Waals surface area contributed by atoms with Gasteiger partial charge in [-0.2, -0.15) is 0 Å². The number of amides is 1. The normalized spacial score (nSPS) is 18.6. The minimum atomic E-state index is -0.0765. The van der Waals surface area contributed by atoms with E-state index in [1.165, 1.54) is 24.9 Å². The lowest BCUT2D eigenvalue weighted by atomic mass is 10.0. The Morgan fingerprint density at radius 1 is 1.00 bits per heavy atom. The molecule has 1 N–H and O–H groups in total. The number of nitrogens with one attached hydrogen (secondary N) is 1. The number of piperidine rings is 1.